The van der Waals surface area contributed by atoms with Crippen molar-refractivity contribution in [3.05, 3.63) is 71.1 Å². The Morgan fingerprint density at radius 1 is 1.15 bits per heavy atom. The molecule has 5 rings (SSSR count). The van der Waals surface area contributed by atoms with Crippen molar-refractivity contribution >= 4 is 22.9 Å². The summed E-state index contributed by atoms with van der Waals surface area (Å²) in [4.78, 5) is 24.1. The SMILES string of the molecule is O=C(c1cccs1)N1CC[C@H](c2nc3ccc(-c4cccnc4)cn3n2)C1. The fourth-order valence-corrected chi connectivity index (χ4v) is 4.18. The second kappa shape index (κ2) is 6.59. The molecule has 1 fully saturated rings. The summed E-state index contributed by atoms with van der Waals surface area (Å²) in [6.45, 7) is 1.42. The Morgan fingerprint density at radius 2 is 2.11 bits per heavy atom. The summed E-state index contributed by atoms with van der Waals surface area (Å²) in [6.07, 6.45) is 6.47. The Morgan fingerprint density at radius 3 is 2.93 bits per heavy atom. The van der Waals surface area contributed by atoms with E-state index in [1.807, 2.05) is 63.6 Å². The smallest absolute Gasteiger partial charge is 0.263 e. The Labute approximate surface area is 160 Å². The molecule has 4 aromatic rings. The number of hydrogen-bond acceptors (Lipinski definition) is 5. The average molecular weight is 375 g/mol. The van der Waals surface area contributed by atoms with Gasteiger partial charge in [-0.3, -0.25) is 9.78 Å². The van der Waals surface area contributed by atoms with E-state index in [0.29, 0.717) is 6.54 Å². The molecule has 0 radical (unpaired) electrons. The van der Waals surface area contributed by atoms with Crippen molar-refractivity contribution < 1.29 is 4.79 Å². The summed E-state index contributed by atoms with van der Waals surface area (Å²) < 4.78 is 1.82. The molecular formula is C20H17N5OS. The highest BCUT2D eigenvalue weighted by Gasteiger charge is 2.30. The second-order valence-electron chi connectivity index (χ2n) is 6.65. The van der Waals surface area contributed by atoms with Crippen molar-refractivity contribution in [2.45, 2.75) is 12.3 Å². The Hall–Kier alpha value is -3.06. The van der Waals surface area contributed by atoms with E-state index in [9.17, 15) is 4.79 Å². The Kier molecular flexibility index (Phi) is 3.94. The molecule has 1 aliphatic rings. The number of carbonyl (C=O) groups excluding carboxylic acids is 1. The number of hydrogen-bond donors (Lipinski definition) is 0. The first kappa shape index (κ1) is 16.1. The van der Waals surface area contributed by atoms with Crippen LogP contribution in [0, 0.1) is 0 Å². The van der Waals surface area contributed by atoms with E-state index < -0.39 is 0 Å². The number of carbonyl (C=O) groups is 1. The number of rotatable bonds is 3. The zero-order chi connectivity index (χ0) is 18.2. The first-order chi connectivity index (χ1) is 13.3. The van der Waals surface area contributed by atoms with Gasteiger partial charge in [0.15, 0.2) is 11.5 Å². The maximum absolute atomic E-state index is 12.5. The molecule has 6 nitrogen and oxygen atoms in total. The molecule has 1 amide bonds. The van der Waals surface area contributed by atoms with Crippen LogP contribution in [-0.2, 0) is 0 Å². The summed E-state index contributed by atoms with van der Waals surface area (Å²) >= 11 is 1.49. The molecule has 7 heteroatoms. The van der Waals surface area contributed by atoms with Crippen LogP contribution in [0.5, 0.6) is 0 Å². The number of pyridine rings is 2. The highest BCUT2D eigenvalue weighted by molar-refractivity contribution is 7.12. The van der Waals surface area contributed by atoms with Crippen LogP contribution in [0.2, 0.25) is 0 Å². The third-order valence-corrected chi connectivity index (χ3v) is 5.77. The van der Waals surface area contributed by atoms with Crippen LogP contribution in [0.3, 0.4) is 0 Å². The third kappa shape index (κ3) is 3.00. The van der Waals surface area contributed by atoms with Gasteiger partial charge in [0.25, 0.3) is 5.91 Å². The maximum atomic E-state index is 12.5. The Balaban J connectivity index is 1.39. The lowest BCUT2D eigenvalue weighted by Crippen LogP contribution is -2.27. The van der Waals surface area contributed by atoms with Crippen LogP contribution in [-0.4, -0.2) is 43.5 Å². The summed E-state index contributed by atoms with van der Waals surface area (Å²) in [5, 5.41) is 6.62. The highest BCUT2D eigenvalue weighted by atomic mass is 32.1. The molecular weight excluding hydrogens is 358 g/mol. The molecule has 1 saturated heterocycles. The van der Waals surface area contributed by atoms with E-state index in [1.165, 1.54) is 11.3 Å². The first-order valence-corrected chi connectivity index (χ1v) is 9.75. The van der Waals surface area contributed by atoms with Crippen LogP contribution in [0.25, 0.3) is 16.8 Å². The number of thiophene rings is 1. The van der Waals surface area contributed by atoms with Crippen molar-refractivity contribution in [2.75, 3.05) is 13.1 Å². The van der Waals surface area contributed by atoms with Gasteiger partial charge in [0.2, 0.25) is 0 Å². The quantitative estimate of drug-likeness (QED) is 0.550. The molecule has 1 aliphatic heterocycles. The van der Waals surface area contributed by atoms with Crippen molar-refractivity contribution in [2.24, 2.45) is 0 Å². The summed E-state index contributed by atoms with van der Waals surface area (Å²) in [5.41, 5.74) is 2.92. The predicted octanol–water partition coefficient (Wildman–Crippen LogP) is 3.48. The van der Waals surface area contributed by atoms with Crippen LogP contribution in [0.15, 0.2) is 60.4 Å². The van der Waals surface area contributed by atoms with Crippen LogP contribution in [0.1, 0.15) is 27.8 Å². The molecule has 1 atom stereocenters. The van der Waals surface area contributed by atoms with Gasteiger partial charge in [0.05, 0.1) is 4.88 Å². The zero-order valence-electron chi connectivity index (χ0n) is 14.5. The predicted molar refractivity (Wildman–Crippen MR) is 104 cm³/mol. The van der Waals surface area contributed by atoms with E-state index in [0.717, 1.165) is 40.4 Å². The van der Waals surface area contributed by atoms with E-state index in [4.69, 9.17) is 0 Å². The molecule has 0 saturated carbocycles. The van der Waals surface area contributed by atoms with E-state index in [1.54, 1.807) is 6.20 Å². The molecule has 4 aromatic heterocycles. The molecule has 27 heavy (non-hydrogen) atoms. The summed E-state index contributed by atoms with van der Waals surface area (Å²) in [5.74, 6) is 1.09. The highest BCUT2D eigenvalue weighted by Crippen LogP contribution is 2.28. The molecule has 0 spiro atoms. The van der Waals surface area contributed by atoms with Gasteiger partial charge in [-0.1, -0.05) is 12.1 Å². The molecule has 0 N–H and O–H groups in total. The van der Waals surface area contributed by atoms with Gasteiger partial charge in [-0.05, 0) is 36.1 Å². The van der Waals surface area contributed by atoms with Gasteiger partial charge in [0, 0.05) is 48.7 Å². The second-order valence-corrected chi connectivity index (χ2v) is 7.59. The van der Waals surface area contributed by atoms with E-state index in [-0.39, 0.29) is 11.8 Å². The zero-order valence-corrected chi connectivity index (χ0v) is 15.3. The molecule has 0 unspecified atom stereocenters. The monoisotopic (exact) mass is 375 g/mol. The average Bonchev–Trinajstić information content (AvgIpc) is 3.47. The number of aromatic nitrogens is 4. The van der Waals surface area contributed by atoms with Crippen LogP contribution < -0.4 is 0 Å². The minimum Gasteiger partial charge on any atom is -0.337 e. The third-order valence-electron chi connectivity index (χ3n) is 4.91. The standard InChI is InChI=1S/C20H17N5OS/c26-20(17-4-2-10-27-17)24-9-7-16(12-24)19-22-18-6-5-15(13-25(18)23-19)14-3-1-8-21-11-14/h1-6,8,10-11,13,16H,7,9,12H2/t16-/m0/s1. The van der Waals surface area contributed by atoms with Crippen LogP contribution in [0.4, 0.5) is 0 Å². The largest absolute Gasteiger partial charge is 0.337 e. The molecule has 5 heterocycles. The first-order valence-electron chi connectivity index (χ1n) is 8.87. The van der Waals surface area contributed by atoms with Gasteiger partial charge >= 0.3 is 0 Å². The summed E-state index contributed by atoms with van der Waals surface area (Å²) in [6, 6.07) is 11.7. The maximum Gasteiger partial charge on any atom is 0.263 e. The van der Waals surface area contributed by atoms with E-state index in [2.05, 4.69) is 15.1 Å². The molecule has 0 bridgehead atoms. The topological polar surface area (TPSA) is 63.4 Å². The van der Waals surface area contributed by atoms with Gasteiger partial charge < -0.3 is 4.90 Å². The number of nitrogens with zero attached hydrogens (tertiary/aromatic N) is 5. The molecule has 0 aromatic carbocycles. The summed E-state index contributed by atoms with van der Waals surface area (Å²) in [7, 11) is 0. The number of likely N-dealkylation sites (tertiary alicyclic amines) is 1. The van der Waals surface area contributed by atoms with Crippen molar-refractivity contribution in [1.29, 1.82) is 0 Å². The normalized spacial score (nSPS) is 16.9. The van der Waals surface area contributed by atoms with Crippen molar-refractivity contribution in [3.63, 3.8) is 0 Å². The van der Waals surface area contributed by atoms with Gasteiger partial charge in [-0.15, -0.1) is 11.3 Å². The van der Waals surface area contributed by atoms with Crippen LogP contribution >= 0.6 is 11.3 Å². The lowest BCUT2D eigenvalue weighted by Gasteiger charge is -2.14. The fourth-order valence-electron chi connectivity index (χ4n) is 3.49. The number of fused-ring (bicyclic) bond motifs is 1. The molecule has 0 aliphatic carbocycles. The fraction of sp³-hybridized carbons (Fsp3) is 0.200. The van der Waals surface area contributed by atoms with Crippen molar-refractivity contribution in [1.82, 2.24) is 24.5 Å². The van der Waals surface area contributed by atoms with E-state index >= 15 is 0 Å². The number of amides is 1. The lowest BCUT2D eigenvalue weighted by atomic mass is 10.1. The van der Waals surface area contributed by atoms with Gasteiger partial charge in [-0.2, -0.15) is 5.10 Å². The van der Waals surface area contributed by atoms with Gasteiger partial charge in [-0.25, -0.2) is 9.50 Å². The lowest BCUT2D eigenvalue weighted by molar-refractivity contribution is 0.0795. The van der Waals surface area contributed by atoms with Gasteiger partial charge in [0.1, 0.15) is 0 Å². The molecule has 134 valence electrons. The van der Waals surface area contributed by atoms with Crippen molar-refractivity contribution in [3.8, 4) is 11.1 Å². The minimum atomic E-state index is 0.107. The Bertz CT molecular complexity index is 1090. The minimum absolute atomic E-state index is 0.107.